The number of halogens is 3. The number of nitrogens with zero attached hydrogens (tertiary/aromatic N) is 5. The average molecular weight is 328 g/mol. The van der Waals surface area contributed by atoms with E-state index >= 15 is 0 Å². The van der Waals surface area contributed by atoms with Crippen molar-refractivity contribution in [1.29, 1.82) is 0 Å². The zero-order chi connectivity index (χ0) is 16.4. The summed E-state index contributed by atoms with van der Waals surface area (Å²) in [6, 6.07) is 4.07. The minimum absolute atomic E-state index is 0.355. The van der Waals surface area contributed by atoms with Gasteiger partial charge in [0.1, 0.15) is 10.9 Å². The number of aromatic nitrogens is 4. The Bertz CT molecular complexity index is 692. The van der Waals surface area contributed by atoms with E-state index in [-0.39, 0.29) is 6.03 Å². The summed E-state index contributed by atoms with van der Waals surface area (Å²) in [6.07, 6.45) is -3.08. The highest BCUT2D eigenvalue weighted by molar-refractivity contribution is 5.75. The molecule has 1 aliphatic heterocycles. The normalized spacial score (nSPS) is 15.7. The number of alkyl halides is 3. The minimum atomic E-state index is -4.40. The van der Waals surface area contributed by atoms with Crippen molar-refractivity contribution in [3.63, 3.8) is 0 Å². The van der Waals surface area contributed by atoms with E-state index in [1.807, 2.05) is 0 Å². The first-order valence-electron chi connectivity index (χ1n) is 6.84. The van der Waals surface area contributed by atoms with Crippen molar-refractivity contribution in [2.75, 3.05) is 26.3 Å². The highest BCUT2D eigenvalue weighted by atomic mass is 19.4. The molecule has 0 radical (unpaired) electrons. The first-order valence-corrected chi connectivity index (χ1v) is 6.84. The Hall–Kier alpha value is -2.49. The van der Waals surface area contributed by atoms with Gasteiger partial charge in [-0.3, -0.25) is 0 Å². The van der Waals surface area contributed by atoms with Crippen LogP contribution in [-0.4, -0.2) is 52.3 Å². The number of rotatable bonds is 1. The molecule has 0 N–H and O–H groups in total. The van der Waals surface area contributed by atoms with Crippen LogP contribution in [0.15, 0.2) is 30.6 Å². The van der Waals surface area contributed by atoms with E-state index in [0.717, 1.165) is 16.8 Å². The number of ether oxygens (including phenoxy) is 1. The van der Waals surface area contributed by atoms with Gasteiger partial charge in [0, 0.05) is 13.1 Å². The van der Waals surface area contributed by atoms with Crippen molar-refractivity contribution in [3.8, 4) is 5.69 Å². The quantitative estimate of drug-likeness (QED) is 0.576. The Morgan fingerprint density at radius 2 is 1.83 bits per heavy atom. The van der Waals surface area contributed by atoms with Gasteiger partial charge in [-0.1, -0.05) is 0 Å². The molecule has 1 aliphatic rings. The molecule has 7 nitrogen and oxygen atoms in total. The summed E-state index contributed by atoms with van der Waals surface area (Å²) in [4.78, 5) is 13.8. The first-order chi connectivity index (χ1) is 10.9. The third-order valence-corrected chi connectivity index (χ3v) is 3.39. The summed E-state index contributed by atoms with van der Waals surface area (Å²) in [5.74, 6) is 0. The molecule has 1 amide bonds. The third-order valence-electron chi connectivity index (χ3n) is 3.39. The van der Waals surface area contributed by atoms with Gasteiger partial charge in [-0.2, -0.15) is 13.2 Å². The summed E-state index contributed by atoms with van der Waals surface area (Å²) < 4.78 is 45.1. The lowest BCUT2D eigenvalue weighted by Gasteiger charge is -2.23. The van der Waals surface area contributed by atoms with Crippen molar-refractivity contribution in [3.05, 3.63) is 36.2 Å². The summed E-state index contributed by atoms with van der Waals surface area (Å²) >= 11 is 0. The van der Waals surface area contributed by atoms with E-state index in [0.29, 0.717) is 32.0 Å². The highest BCUT2D eigenvalue weighted by Crippen LogP contribution is 2.28. The molecule has 0 bridgehead atoms. The number of morpholine rings is 1. The maximum atomic E-state index is 12.5. The van der Waals surface area contributed by atoms with Crippen LogP contribution in [0.4, 0.5) is 18.0 Å². The van der Waals surface area contributed by atoms with E-state index < -0.39 is 11.7 Å². The molecular formula is C13H13F3N5O2+. The zero-order valence-electron chi connectivity index (χ0n) is 11.9. The van der Waals surface area contributed by atoms with Gasteiger partial charge in [0.2, 0.25) is 0 Å². The maximum absolute atomic E-state index is 12.5. The largest absolute Gasteiger partial charge is 0.420 e. The zero-order valence-corrected chi connectivity index (χ0v) is 11.9. The first kappa shape index (κ1) is 15.4. The highest BCUT2D eigenvalue weighted by Gasteiger charge is 2.30. The Morgan fingerprint density at radius 1 is 1.17 bits per heavy atom. The van der Waals surface area contributed by atoms with Crippen LogP contribution < -0.4 is 4.68 Å². The van der Waals surface area contributed by atoms with Gasteiger partial charge in [-0.15, -0.1) is 4.68 Å². The van der Waals surface area contributed by atoms with Crippen LogP contribution in [0.5, 0.6) is 0 Å². The molecule has 0 unspecified atom stereocenters. The monoisotopic (exact) mass is 328 g/mol. The van der Waals surface area contributed by atoms with Crippen LogP contribution >= 0.6 is 0 Å². The molecule has 0 aliphatic carbocycles. The molecular weight excluding hydrogens is 315 g/mol. The van der Waals surface area contributed by atoms with E-state index in [4.69, 9.17) is 4.74 Å². The Labute approximate surface area is 128 Å². The molecule has 1 saturated heterocycles. The smallest absolute Gasteiger partial charge is 0.378 e. The molecule has 0 saturated carbocycles. The molecule has 1 aromatic carbocycles. The van der Waals surface area contributed by atoms with E-state index in [1.165, 1.54) is 23.1 Å². The lowest BCUT2D eigenvalue weighted by atomic mass is 10.2. The van der Waals surface area contributed by atoms with Gasteiger partial charge in [-0.05, 0) is 28.9 Å². The molecule has 122 valence electrons. The van der Waals surface area contributed by atoms with Gasteiger partial charge in [-0.25, -0.2) is 4.79 Å². The predicted molar refractivity (Wildman–Crippen MR) is 69.7 cm³/mol. The van der Waals surface area contributed by atoms with Crippen LogP contribution in [0.2, 0.25) is 0 Å². The molecule has 1 fully saturated rings. The van der Waals surface area contributed by atoms with Gasteiger partial charge >= 0.3 is 12.2 Å². The van der Waals surface area contributed by atoms with Crippen molar-refractivity contribution in [1.82, 2.24) is 20.0 Å². The SMILES string of the molecule is O=C(N1CCOCC1)n1c[n+](-c2ccc(C(F)(F)F)cc2)nn1. The number of carbonyl (C=O) groups is 1. The van der Waals surface area contributed by atoms with E-state index in [1.54, 1.807) is 4.90 Å². The van der Waals surface area contributed by atoms with Crippen LogP contribution in [0.3, 0.4) is 0 Å². The summed E-state index contributed by atoms with van der Waals surface area (Å²) in [7, 11) is 0. The standard InChI is InChI=1S/C13H13F3N5O2/c14-13(15,16)10-1-3-11(4-2-10)20-9-21(18-17-20)12(22)19-5-7-23-8-6-19/h1-4,9H,5-8H2/q+1. The summed E-state index contributed by atoms with van der Waals surface area (Å²) in [5, 5.41) is 7.48. The number of benzene rings is 1. The summed E-state index contributed by atoms with van der Waals surface area (Å²) in [6.45, 7) is 1.83. The lowest BCUT2D eigenvalue weighted by molar-refractivity contribution is -0.660. The number of carbonyl (C=O) groups excluding carboxylic acids is 1. The molecule has 3 rings (SSSR count). The Kier molecular flexibility index (Phi) is 3.99. The average Bonchev–Trinajstić information content (AvgIpc) is 3.04. The lowest BCUT2D eigenvalue weighted by Crippen LogP contribution is -2.43. The molecule has 2 aromatic rings. The third kappa shape index (κ3) is 3.31. The minimum Gasteiger partial charge on any atom is -0.378 e. The second kappa shape index (κ2) is 5.95. The molecule has 0 spiro atoms. The van der Waals surface area contributed by atoms with Crippen molar-refractivity contribution < 1.29 is 27.4 Å². The van der Waals surface area contributed by atoms with Crippen molar-refractivity contribution in [2.24, 2.45) is 0 Å². The topological polar surface area (TPSA) is 64.1 Å². The number of tetrazole rings is 1. The van der Waals surface area contributed by atoms with Crippen molar-refractivity contribution >= 4 is 6.03 Å². The Balaban J connectivity index is 1.77. The Morgan fingerprint density at radius 3 is 2.43 bits per heavy atom. The van der Waals surface area contributed by atoms with Crippen molar-refractivity contribution in [2.45, 2.75) is 6.18 Å². The van der Waals surface area contributed by atoms with E-state index in [9.17, 15) is 18.0 Å². The fraction of sp³-hybridized carbons (Fsp3) is 0.385. The molecule has 23 heavy (non-hydrogen) atoms. The maximum Gasteiger partial charge on any atom is 0.420 e. The fourth-order valence-corrected chi connectivity index (χ4v) is 2.14. The van der Waals surface area contributed by atoms with Crippen LogP contribution in [0.25, 0.3) is 5.69 Å². The van der Waals surface area contributed by atoms with Gasteiger partial charge in [0.05, 0.1) is 18.8 Å². The molecule has 1 aromatic heterocycles. The fourth-order valence-electron chi connectivity index (χ4n) is 2.14. The second-order valence-electron chi connectivity index (χ2n) is 4.91. The summed E-state index contributed by atoms with van der Waals surface area (Å²) in [5.41, 5.74) is -0.377. The van der Waals surface area contributed by atoms with Gasteiger partial charge < -0.3 is 9.64 Å². The molecule has 0 atom stereocenters. The second-order valence-corrected chi connectivity index (χ2v) is 4.91. The van der Waals surface area contributed by atoms with E-state index in [2.05, 4.69) is 10.4 Å². The number of amides is 1. The number of hydrogen-bond acceptors (Lipinski definition) is 4. The van der Waals surface area contributed by atoms with Crippen LogP contribution in [0.1, 0.15) is 5.56 Å². The molecule has 2 heterocycles. The van der Waals surface area contributed by atoms with Gasteiger partial charge in [0.25, 0.3) is 6.33 Å². The predicted octanol–water partition coefficient (Wildman–Crippen LogP) is 0.874. The van der Waals surface area contributed by atoms with Gasteiger partial charge in [0.15, 0.2) is 5.21 Å². The van der Waals surface area contributed by atoms with Crippen LogP contribution in [0, 0.1) is 0 Å². The van der Waals surface area contributed by atoms with Crippen LogP contribution in [-0.2, 0) is 10.9 Å². The molecule has 10 heteroatoms. The number of hydrogen-bond donors (Lipinski definition) is 0.